The van der Waals surface area contributed by atoms with Crippen LogP contribution in [-0.4, -0.2) is 26.0 Å². The highest BCUT2D eigenvalue weighted by atomic mass is 35.5. The summed E-state index contributed by atoms with van der Waals surface area (Å²) >= 11 is 12.0. The first-order chi connectivity index (χ1) is 12.5. The number of nitrogens with zero attached hydrogens (tertiary/aromatic N) is 5. The van der Waals surface area contributed by atoms with E-state index in [4.69, 9.17) is 27.9 Å². The number of non-ortho nitro benzene ring substituents is 1. The maximum absolute atomic E-state index is 11.0. The summed E-state index contributed by atoms with van der Waals surface area (Å²) in [4.78, 5) is 10.5. The number of benzene rings is 2. The molecule has 1 heterocycles. The summed E-state index contributed by atoms with van der Waals surface area (Å²) in [5.41, 5.74) is 1.08. The maximum Gasteiger partial charge on any atom is 0.270 e. The number of nitro groups is 1. The predicted octanol–water partition coefficient (Wildman–Crippen LogP) is 3.95. The standard InChI is InChI=1S/C16H11Cl2N5O3/c17-13-2-1-11(15(18)6-13)8-26-16-4-3-14(23(24)25)5-12(16)7-21-22-9-19-20-10-22/h1-7,9-10H,8H2/b21-7-. The second kappa shape index (κ2) is 7.94. The Morgan fingerprint density at radius 3 is 2.65 bits per heavy atom. The van der Waals surface area contributed by atoms with Gasteiger partial charge in [-0.1, -0.05) is 29.3 Å². The summed E-state index contributed by atoms with van der Waals surface area (Å²) in [6, 6.07) is 9.31. The molecule has 0 aliphatic carbocycles. The van der Waals surface area contributed by atoms with Crippen LogP contribution in [0.2, 0.25) is 10.0 Å². The Bertz CT molecular complexity index is 961. The van der Waals surface area contributed by atoms with E-state index in [9.17, 15) is 10.1 Å². The Kier molecular flexibility index (Phi) is 5.45. The number of rotatable bonds is 6. The van der Waals surface area contributed by atoms with E-state index in [1.807, 2.05) is 0 Å². The van der Waals surface area contributed by atoms with Crippen LogP contribution >= 0.6 is 23.2 Å². The van der Waals surface area contributed by atoms with E-state index in [0.717, 1.165) is 5.56 Å². The molecule has 0 bridgehead atoms. The van der Waals surface area contributed by atoms with Gasteiger partial charge in [0.15, 0.2) is 0 Å². The van der Waals surface area contributed by atoms with Crippen molar-refractivity contribution in [1.29, 1.82) is 0 Å². The number of aromatic nitrogens is 3. The first kappa shape index (κ1) is 17.8. The van der Waals surface area contributed by atoms with Crippen LogP contribution in [-0.2, 0) is 6.61 Å². The molecule has 0 aliphatic rings. The lowest BCUT2D eigenvalue weighted by Gasteiger charge is -2.10. The van der Waals surface area contributed by atoms with E-state index in [1.54, 1.807) is 18.2 Å². The SMILES string of the molecule is O=[N+]([O-])c1ccc(OCc2ccc(Cl)cc2Cl)c(/C=N\n2cnnc2)c1. The van der Waals surface area contributed by atoms with E-state index in [0.29, 0.717) is 21.4 Å². The third kappa shape index (κ3) is 4.35. The van der Waals surface area contributed by atoms with Crippen LogP contribution in [0.4, 0.5) is 5.69 Å². The van der Waals surface area contributed by atoms with Crippen LogP contribution in [0.5, 0.6) is 5.75 Å². The summed E-state index contributed by atoms with van der Waals surface area (Å²) < 4.78 is 7.13. The van der Waals surface area contributed by atoms with Crippen molar-refractivity contribution in [2.24, 2.45) is 5.10 Å². The largest absolute Gasteiger partial charge is 0.488 e. The van der Waals surface area contributed by atoms with Gasteiger partial charge in [0.2, 0.25) is 0 Å². The van der Waals surface area contributed by atoms with Crippen LogP contribution in [0.15, 0.2) is 54.2 Å². The van der Waals surface area contributed by atoms with Crippen molar-refractivity contribution in [1.82, 2.24) is 14.9 Å². The van der Waals surface area contributed by atoms with Gasteiger partial charge in [-0.3, -0.25) is 10.1 Å². The topological polar surface area (TPSA) is 95.4 Å². The van der Waals surface area contributed by atoms with E-state index < -0.39 is 4.92 Å². The van der Waals surface area contributed by atoms with Crippen molar-refractivity contribution in [2.75, 3.05) is 0 Å². The number of ether oxygens (including phenoxy) is 1. The Balaban J connectivity index is 1.86. The first-order valence-corrected chi connectivity index (χ1v) is 8.02. The summed E-state index contributed by atoms with van der Waals surface area (Å²) in [5.74, 6) is 0.415. The Labute approximate surface area is 157 Å². The number of halogens is 2. The molecule has 0 fully saturated rings. The van der Waals surface area contributed by atoms with Crippen molar-refractivity contribution in [2.45, 2.75) is 6.61 Å². The molecule has 10 heteroatoms. The fourth-order valence-electron chi connectivity index (χ4n) is 2.06. The molecule has 0 spiro atoms. The number of hydrogen-bond donors (Lipinski definition) is 0. The van der Waals surface area contributed by atoms with Crippen LogP contribution < -0.4 is 4.74 Å². The van der Waals surface area contributed by atoms with Crippen molar-refractivity contribution in [3.63, 3.8) is 0 Å². The van der Waals surface area contributed by atoms with E-state index in [1.165, 1.54) is 41.7 Å². The van der Waals surface area contributed by atoms with Crippen LogP contribution in [0.25, 0.3) is 0 Å². The van der Waals surface area contributed by atoms with Gasteiger partial charge in [0.05, 0.1) is 11.1 Å². The van der Waals surface area contributed by atoms with E-state index >= 15 is 0 Å². The molecule has 3 aromatic rings. The lowest BCUT2D eigenvalue weighted by Crippen LogP contribution is -2.01. The molecule has 0 aliphatic heterocycles. The molecule has 0 unspecified atom stereocenters. The van der Waals surface area contributed by atoms with Gasteiger partial charge >= 0.3 is 0 Å². The zero-order valence-electron chi connectivity index (χ0n) is 13.1. The molecule has 132 valence electrons. The van der Waals surface area contributed by atoms with Crippen LogP contribution in [0.3, 0.4) is 0 Å². The molecule has 0 atom stereocenters. The summed E-state index contributed by atoms with van der Waals surface area (Å²) in [6.07, 6.45) is 4.21. The van der Waals surface area contributed by atoms with Crippen LogP contribution in [0, 0.1) is 10.1 Å². The van der Waals surface area contributed by atoms with E-state index in [2.05, 4.69) is 15.3 Å². The van der Waals surface area contributed by atoms with Gasteiger partial charge < -0.3 is 4.74 Å². The molecule has 2 aromatic carbocycles. The van der Waals surface area contributed by atoms with Crippen molar-refractivity contribution < 1.29 is 9.66 Å². The van der Waals surface area contributed by atoms with Crippen molar-refractivity contribution >= 4 is 35.1 Å². The molecule has 8 nitrogen and oxygen atoms in total. The fraction of sp³-hybridized carbons (Fsp3) is 0.0625. The average Bonchev–Trinajstić information content (AvgIpc) is 3.13. The van der Waals surface area contributed by atoms with Gasteiger partial charge in [-0.15, -0.1) is 10.2 Å². The normalized spacial score (nSPS) is 11.0. The monoisotopic (exact) mass is 391 g/mol. The lowest BCUT2D eigenvalue weighted by molar-refractivity contribution is -0.384. The first-order valence-electron chi connectivity index (χ1n) is 7.27. The predicted molar refractivity (Wildman–Crippen MR) is 96.9 cm³/mol. The summed E-state index contributed by atoms with van der Waals surface area (Å²) in [5, 5.41) is 23.4. The third-order valence-electron chi connectivity index (χ3n) is 3.34. The zero-order chi connectivity index (χ0) is 18.5. The molecule has 0 saturated carbocycles. The summed E-state index contributed by atoms with van der Waals surface area (Å²) in [7, 11) is 0. The molecule has 0 amide bonds. The third-order valence-corrected chi connectivity index (χ3v) is 3.93. The van der Waals surface area contributed by atoms with Crippen LogP contribution in [0.1, 0.15) is 11.1 Å². The molecule has 0 saturated heterocycles. The Morgan fingerprint density at radius 2 is 1.96 bits per heavy atom. The minimum atomic E-state index is -0.490. The van der Waals surface area contributed by atoms with Gasteiger partial charge in [0.25, 0.3) is 5.69 Å². The quantitative estimate of drug-likeness (QED) is 0.360. The smallest absolute Gasteiger partial charge is 0.270 e. The fourth-order valence-corrected chi connectivity index (χ4v) is 2.52. The minimum absolute atomic E-state index is 0.0768. The van der Waals surface area contributed by atoms with Crippen molar-refractivity contribution in [3.05, 3.63) is 80.3 Å². The van der Waals surface area contributed by atoms with Gasteiger partial charge in [-0.25, -0.2) is 4.68 Å². The summed E-state index contributed by atoms with van der Waals surface area (Å²) in [6.45, 7) is 0.168. The van der Waals surface area contributed by atoms with Gasteiger partial charge in [-0.2, -0.15) is 5.10 Å². The Morgan fingerprint density at radius 1 is 1.19 bits per heavy atom. The minimum Gasteiger partial charge on any atom is -0.488 e. The highest BCUT2D eigenvalue weighted by molar-refractivity contribution is 6.35. The highest BCUT2D eigenvalue weighted by Gasteiger charge is 2.12. The van der Waals surface area contributed by atoms with Gasteiger partial charge in [0.1, 0.15) is 25.0 Å². The molecular weight excluding hydrogens is 381 g/mol. The molecule has 1 aromatic heterocycles. The maximum atomic E-state index is 11.0. The second-order valence-electron chi connectivity index (χ2n) is 5.09. The van der Waals surface area contributed by atoms with Gasteiger partial charge in [0, 0.05) is 33.3 Å². The average molecular weight is 392 g/mol. The molecule has 3 rings (SSSR count). The van der Waals surface area contributed by atoms with Gasteiger partial charge in [-0.05, 0) is 18.2 Å². The lowest BCUT2D eigenvalue weighted by atomic mass is 10.2. The number of nitro benzene ring substituents is 1. The van der Waals surface area contributed by atoms with Crippen molar-refractivity contribution in [3.8, 4) is 5.75 Å². The second-order valence-corrected chi connectivity index (χ2v) is 5.93. The molecular formula is C16H11Cl2N5O3. The molecule has 0 radical (unpaired) electrons. The highest BCUT2D eigenvalue weighted by Crippen LogP contribution is 2.26. The zero-order valence-corrected chi connectivity index (χ0v) is 14.6. The Hall–Kier alpha value is -2.97. The number of hydrogen-bond acceptors (Lipinski definition) is 6. The molecule has 26 heavy (non-hydrogen) atoms. The molecule has 0 N–H and O–H groups in total. The van der Waals surface area contributed by atoms with E-state index in [-0.39, 0.29) is 12.3 Å².